The molecule has 1 saturated heterocycles. The molecule has 146 valence electrons. The summed E-state index contributed by atoms with van der Waals surface area (Å²) in [4.78, 5) is 15.5. The van der Waals surface area contributed by atoms with E-state index in [1.165, 1.54) is 5.56 Å². The molecule has 0 aliphatic carbocycles. The number of rotatable bonds is 4. The van der Waals surface area contributed by atoms with Crippen LogP contribution in [0, 0.1) is 20.8 Å². The number of phenols is 1. The fourth-order valence-electron chi connectivity index (χ4n) is 3.75. The van der Waals surface area contributed by atoms with Gasteiger partial charge in [-0.2, -0.15) is 4.98 Å². The molecule has 0 bridgehead atoms. The predicted octanol–water partition coefficient (Wildman–Crippen LogP) is 3.54. The maximum Gasteiger partial charge on any atom is 0.278 e. The summed E-state index contributed by atoms with van der Waals surface area (Å²) in [5.41, 5.74) is 4.58. The van der Waals surface area contributed by atoms with Gasteiger partial charge in [-0.15, -0.1) is 0 Å². The molecule has 1 aromatic carbocycles. The lowest BCUT2D eigenvalue weighted by atomic mass is 9.95. The minimum atomic E-state index is 0.301. The second-order valence-electron chi connectivity index (χ2n) is 7.63. The molecule has 2 aromatic heterocycles. The van der Waals surface area contributed by atoms with Crippen LogP contribution in [0.15, 0.2) is 29.0 Å². The highest BCUT2D eigenvalue weighted by Crippen LogP contribution is 2.29. The van der Waals surface area contributed by atoms with Crippen molar-refractivity contribution >= 4 is 0 Å². The second-order valence-corrected chi connectivity index (χ2v) is 7.63. The molecule has 1 fully saturated rings. The van der Waals surface area contributed by atoms with Gasteiger partial charge in [-0.25, -0.2) is 4.98 Å². The molecule has 3 aromatic rings. The zero-order chi connectivity index (χ0) is 19.7. The molecule has 0 amide bonds. The van der Waals surface area contributed by atoms with Gasteiger partial charge in [-0.1, -0.05) is 17.3 Å². The van der Waals surface area contributed by atoms with E-state index in [9.17, 15) is 5.11 Å². The number of hydrogen-bond acceptors (Lipinski definition) is 7. The standard InChI is InChI=1S/C21H25N5O2/c1-13-8-16(9-14(2)19(13)27)12-26-6-4-17(5-7-26)20-24-21(28-25-20)18-11-22-15(3)10-23-18/h8-11,17,27H,4-7,12H2,1-3H3. The van der Waals surface area contributed by atoms with Gasteiger partial charge in [0, 0.05) is 18.7 Å². The van der Waals surface area contributed by atoms with Gasteiger partial charge in [0.1, 0.15) is 11.4 Å². The number of phenolic OH excluding ortho intramolecular Hbond substituents is 1. The molecular formula is C21H25N5O2. The van der Waals surface area contributed by atoms with E-state index in [1.807, 2.05) is 20.8 Å². The molecule has 7 nitrogen and oxygen atoms in total. The van der Waals surface area contributed by atoms with Crippen molar-refractivity contribution in [1.29, 1.82) is 0 Å². The number of piperidine rings is 1. The van der Waals surface area contributed by atoms with Crippen molar-refractivity contribution in [3.05, 3.63) is 52.7 Å². The van der Waals surface area contributed by atoms with Crippen molar-refractivity contribution in [2.24, 2.45) is 0 Å². The molecule has 0 saturated carbocycles. The van der Waals surface area contributed by atoms with E-state index >= 15 is 0 Å². The van der Waals surface area contributed by atoms with Gasteiger partial charge in [0.05, 0.1) is 11.9 Å². The highest BCUT2D eigenvalue weighted by Gasteiger charge is 2.25. The van der Waals surface area contributed by atoms with Crippen LogP contribution in [0.2, 0.25) is 0 Å². The molecular weight excluding hydrogens is 354 g/mol. The summed E-state index contributed by atoms with van der Waals surface area (Å²) >= 11 is 0. The van der Waals surface area contributed by atoms with E-state index in [0.29, 0.717) is 23.3 Å². The zero-order valence-electron chi connectivity index (χ0n) is 16.5. The number of aromatic nitrogens is 4. The number of hydrogen-bond donors (Lipinski definition) is 1. The Morgan fingerprint density at radius 2 is 1.79 bits per heavy atom. The summed E-state index contributed by atoms with van der Waals surface area (Å²) in [5, 5.41) is 14.1. The molecule has 4 rings (SSSR count). The number of benzene rings is 1. The Morgan fingerprint density at radius 3 is 2.43 bits per heavy atom. The van der Waals surface area contributed by atoms with Crippen LogP contribution in [0.4, 0.5) is 0 Å². The first-order valence-electron chi connectivity index (χ1n) is 9.63. The Labute approximate surface area is 164 Å². The summed E-state index contributed by atoms with van der Waals surface area (Å²) < 4.78 is 5.40. The molecule has 0 unspecified atom stereocenters. The lowest BCUT2D eigenvalue weighted by molar-refractivity contribution is 0.200. The molecule has 7 heteroatoms. The van der Waals surface area contributed by atoms with E-state index in [2.05, 4.69) is 37.1 Å². The molecule has 0 radical (unpaired) electrons. The van der Waals surface area contributed by atoms with E-state index in [0.717, 1.165) is 55.1 Å². The largest absolute Gasteiger partial charge is 0.507 e. The van der Waals surface area contributed by atoms with Crippen LogP contribution in [-0.2, 0) is 6.54 Å². The topological polar surface area (TPSA) is 88.2 Å². The molecule has 1 aliphatic rings. The molecule has 0 atom stereocenters. The lowest BCUT2D eigenvalue weighted by Crippen LogP contribution is -2.32. The Kier molecular flexibility index (Phi) is 5.09. The lowest BCUT2D eigenvalue weighted by Gasteiger charge is -2.30. The van der Waals surface area contributed by atoms with E-state index in [4.69, 9.17) is 4.52 Å². The average Bonchev–Trinajstić information content (AvgIpc) is 3.17. The first kappa shape index (κ1) is 18.6. The molecule has 28 heavy (non-hydrogen) atoms. The predicted molar refractivity (Wildman–Crippen MR) is 105 cm³/mol. The third kappa shape index (κ3) is 3.89. The average molecular weight is 379 g/mol. The SMILES string of the molecule is Cc1cnc(-c2nc(C3CCN(Cc4cc(C)c(O)c(C)c4)CC3)no2)cn1. The fraction of sp³-hybridized carbons (Fsp3) is 0.429. The van der Waals surface area contributed by atoms with Gasteiger partial charge in [0.15, 0.2) is 5.82 Å². The van der Waals surface area contributed by atoms with E-state index < -0.39 is 0 Å². The van der Waals surface area contributed by atoms with Gasteiger partial charge in [-0.3, -0.25) is 9.88 Å². The van der Waals surface area contributed by atoms with Gasteiger partial charge >= 0.3 is 0 Å². The Hall–Kier alpha value is -2.80. The van der Waals surface area contributed by atoms with Crippen LogP contribution >= 0.6 is 0 Å². The van der Waals surface area contributed by atoms with Crippen molar-refractivity contribution in [2.75, 3.05) is 13.1 Å². The van der Waals surface area contributed by atoms with Crippen molar-refractivity contribution in [1.82, 2.24) is 25.0 Å². The monoisotopic (exact) mass is 379 g/mol. The summed E-state index contributed by atoms with van der Waals surface area (Å²) in [7, 11) is 0. The Morgan fingerprint density at radius 1 is 1.07 bits per heavy atom. The first-order valence-corrected chi connectivity index (χ1v) is 9.63. The molecule has 1 N–H and O–H groups in total. The maximum atomic E-state index is 9.95. The van der Waals surface area contributed by atoms with Crippen molar-refractivity contribution in [3.8, 4) is 17.3 Å². The summed E-state index contributed by atoms with van der Waals surface area (Å²) in [6, 6.07) is 4.14. The summed E-state index contributed by atoms with van der Waals surface area (Å²) in [6.07, 6.45) is 5.35. The van der Waals surface area contributed by atoms with Crippen LogP contribution in [-0.4, -0.2) is 43.2 Å². The Bertz CT molecular complexity index is 936. The highest BCUT2D eigenvalue weighted by molar-refractivity contribution is 5.44. The van der Waals surface area contributed by atoms with Crippen LogP contribution < -0.4 is 0 Å². The number of likely N-dealkylation sites (tertiary alicyclic amines) is 1. The molecule has 3 heterocycles. The van der Waals surface area contributed by atoms with Crippen molar-refractivity contribution in [3.63, 3.8) is 0 Å². The molecule has 1 aliphatic heterocycles. The third-order valence-corrected chi connectivity index (χ3v) is 5.35. The van der Waals surface area contributed by atoms with Gasteiger partial charge in [0.25, 0.3) is 5.89 Å². The number of aryl methyl sites for hydroxylation is 3. The van der Waals surface area contributed by atoms with Gasteiger partial charge in [-0.05, 0) is 63.4 Å². The van der Waals surface area contributed by atoms with Crippen molar-refractivity contribution in [2.45, 2.75) is 46.1 Å². The van der Waals surface area contributed by atoms with E-state index in [-0.39, 0.29) is 0 Å². The minimum absolute atomic E-state index is 0.301. The van der Waals surface area contributed by atoms with Crippen LogP contribution in [0.25, 0.3) is 11.6 Å². The summed E-state index contributed by atoms with van der Waals surface area (Å²) in [6.45, 7) is 8.65. The maximum absolute atomic E-state index is 9.95. The van der Waals surface area contributed by atoms with Crippen molar-refractivity contribution < 1.29 is 9.63 Å². The number of nitrogens with zero attached hydrogens (tertiary/aromatic N) is 5. The van der Waals surface area contributed by atoms with Gasteiger partial charge in [0.2, 0.25) is 0 Å². The smallest absolute Gasteiger partial charge is 0.278 e. The normalized spacial score (nSPS) is 15.8. The molecule has 0 spiro atoms. The van der Waals surface area contributed by atoms with E-state index in [1.54, 1.807) is 12.4 Å². The van der Waals surface area contributed by atoms with Gasteiger partial charge < -0.3 is 9.63 Å². The fourth-order valence-corrected chi connectivity index (χ4v) is 3.75. The van der Waals surface area contributed by atoms with Crippen LogP contribution in [0.3, 0.4) is 0 Å². The quantitative estimate of drug-likeness (QED) is 0.742. The second kappa shape index (κ2) is 7.67. The zero-order valence-corrected chi connectivity index (χ0v) is 16.5. The first-order chi connectivity index (χ1) is 13.5. The van der Waals surface area contributed by atoms with Crippen LogP contribution in [0.5, 0.6) is 5.75 Å². The number of aromatic hydroxyl groups is 1. The van der Waals surface area contributed by atoms with Crippen LogP contribution in [0.1, 0.15) is 47.0 Å². The summed E-state index contributed by atoms with van der Waals surface area (Å²) in [5.74, 6) is 1.89. The third-order valence-electron chi connectivity index (χ3n) is 5.35. The highest BCUT2D eigenvalue weighted by atomic mass is 16.5. The minimum Gasteiger partial charge on any atom is -0.507 e. The Balaban J connectivity index is 1.37.